The molecule has 0 aliphatic carbocycles. The van der Waals surface area contributed by atoms with Crippen molar-refractivity contribution in [3.8, 4) is 0 Å². The molecule has 0 N–H and O–H groups in total. The van der Waals surface area contributed by atoms with Gasteiger partial charge in [0, 0.05) is 19.3 Å². The molecule has 52 heavy (non-hydrogen) atoms. The van der Waals surface area contributed by atoms with E-state index < -0.39 is 6.10 Å². The Labute approximate surface area is 321 Å². The molecular weight excluding hydrogens is 649 g/mol. The van der Waals surface area contributed by atoms with Crippen LogP contribution in [0.4, 0.5) is 0 Å². The van der Waals surface area contributed by atoms with Crippen LogP contribution in [0, 0.1) is 0 Å². The Morgan fingerprint density at radius 1 is 0.385 bits per heavy atom. The Balaban J connectivity index is 4.16. The standard InChI is InChI=1S/C46H82O6/c1-4-7-10-13-15-17-19-20-21-22-23-24-25-26-27-29-30-33-36-39-45(48)51-42-43(41-50-44(47)38-35-32-12-9-6-3)52-46(49)40-37-34-31-28-18-16-14-11-8-5-2/h11,14-15,17,20-21,43H,4-10,12-13,16,18-19,22-42H2,1-3H3/b14-11-,17-15-,21-20-. The molecule has 0 bridgehead atoms. The van der Waals surface area contributed by atoms with E-state index in [1.807, 2.05) is 0 Å². The van der Waals surface area contributed by atoms with Gasteiger partial charge in [-0.05, 0) is 70.6 Å². The number of ether oxygens (including phenoxy) is 3. The Morgan fingerprint density at radius 3 is 1.19 bits per heavy atom. The van der Waals surface area contributed by atoms with Gasteiger partial charge in [0.1, 0.15) is 13.2 Å². The number of esters is 3. The maximum Gasteiger partial charge on any atom is 0.306 e. The minimum absolute atomic E-state index is 0.0775. The van der Waals surface area contributed by atoms with Gasteiger partial charge in [-0.25, -0.2) is 0 Å². The van der Waals surface area contributed by atoms with Crippen molar-refractivity contribution in [2.75, 3.05) is 13.2 Å². The van der Waals surface area contributed by atoms with Crippen molar-refractivity contribution in [3.05, 3.63) is 36.5 Å². The fourth-order valence-corrected chi connectivity index (χ4v) is 6.00. The predicted molar refractivity (Wildman–Crippen MR) is 219 cm³/mol. The van der Waals surface area contributed by atoms with Gasteiger partial charge in [-0.2, -0.15) is 0 Å². The monoisotopic (exact) mass is 731 g/mol. The van der Waals surface area contributed by atoms with Crippen molar-refractivity contribution in [2.24, 2.45) is 0 Å². The number of carbonyl (C=O) groups excluding carboxylic acids is 3. The summed E-state index contributed by atoms with van der Waals surface area (Å²) in [5.74, 6) is -0.908. The van der Waals surface area contributed by atoms with Crippen LogP contribution in [0.1, 0.15) is 220 Å². The van der Waals surface area contributed by atoms with E-state index in [-0.39, 0.29) is 31.1 Å². The van der Waals surface area contributed by atoms with Crippen molar-refractivity contribution in [3.63, 3.8) is 0 Å². The Kier molecular flexibility index (Phi) is 39.5. The molecule has 1 atom stereocenters. The van der Waals surface area contributed by atoms with E-state index in [1.54, 1.807) is 0 Å². The highest BCUT2D eigenvalue weighted by atomic mass is 16.6. The largest absolute Gasteiger partial charge is 0.462 e. The highest BCUT2D eigenvalue weighted by molar-refractivity contribution is 5.71. The molecule has 0 heterocycles. The zero-order valence-corrected chi connectivity index (χ0v) is 34.3. The summed E-state index contributed by atoms with van der Waals surface area (Å²) in [5, 5.41) is 0. The maximum absolute atomic E-state index is 12.6. The highest BCUT2D eigenvalue weighted by Gasteiger charge is 2.19. The van der Waals surface area contributed by atoms with Crippen LogP contribution in [0.25, 0.3) is 0 Å². The van der Waals surface area contributed by atoms with Crippen molar-refractivity contribution >= 4 is 17.9 Å². The van der Waals surface area contributed by atoms with E-state index in [0.717, 1.165) is 89.9 Å². The summed E-state index contributed by atoms with van der Waals surface area (Å²) in [7, 11) is 0. The Bertz CT molecular complexity index is 891. The summed E-state index contributed by atoms with van der Waals surface area (Å²) in [4.78, 5) is 37.4. The fourth-order valence-electron chi connectivity index (χ4n) is 6.00. The lowest BCUT2D eigenvalue weighted by Gasteiger charge is -2.18. The third kappa shape index (κ3) is 38.9. The number of allylic oxidation sites excluding steroid dienone is 6. The van der Waals surface area contributed by atoms with Crippen LogP contribution < -0.4 is 0 Å². The second-order valence-corrected chi connectivity index (χ2v) is 14.6. The second-order valence-electron chi connectivity index (χ2n) is 14.6. The van der Waals surface area contributed by atoms with E-state index in [2.05, 4.69) is 57.2 Å². The number of carbonyl (C=O) groups is 3. The molecule has 1 unspecified atom stereocenters. The van der Waals surface area contributed by atoms with Gasteiger partial charge in [-0.3, -0.25) is 14.4 Å². The van der Waals surface area contributed by atoms with E-state index in [9.17, 15) is 14.4 Å². The van der Waals surface area contributed by atoms with Gasteiger partial charge < -0.3 is 14.2 Å². The molecule has 6 nitrogen and oxygen atoms in total. The minimum atomic E-state index is -0.770. The van der Waals surface area contributed by atoms with E-state index in [4.69, 9.17) is 14.2 Å². The van der Waals surface area contributed by atoms with Crippen LogP contribution >= 0.6 is 0 Å². The lowest BCUT2D eigenvalue weighted by molar-refractivity contribution is -0.167. The molecule has 0 amide bonds. The summed E-state index contributed by atoms with van der Waals surface area (Å²) < 4.78 is 16.5. The third-order valence-corrected chi connectivity index (χ3v) is 9.35. The van der Waals surface area contributed by atoms with Crippen LogP contribution in [-0.2, 0) is 28.6 Å². The maximum atomic E-state index is 12.6. The molecule has 0 radical (unpaired) electrons. The zero-order valence-electron chi connectivity index (χ0n) is 34.3. The first-order chi connectivity index (χ1) is 25.5. The highest BCUT2D eigenvalue weighted by Crippen LogP contribution is 2.14. The molecule has 0 rings (SSSR count). The van der Waals surface area contributed by atoms with Gasteiger partial charge in [-0.15, -0.1) is 0 Å². The molecule has 302 valence electrons. The number of hydrogen-bond donors (Lipinski definition) is 0. The summed E-state index contributed by atoms with van der Waals surface area (Å²) in [5.41, 5.74) is 0. The Morgan fingerprint density at radius 2 is 0.731 bits per heavy atom. The number of unbranched alkanes of at least 4 members (excludes halogenated alkanes) is 22. The summed E-state index contributed by atoms with van der Waals surface area (Å²) in [6.07, 6.45) is 45.9. The minimum Gasteiger partial charge on any atom is -0.462 e. The van der Waals surface area contributed by atoms with Crippen LogP contribution in [-0.4, -0.2) is 37.2 Å². The summed E-state index contributed by atoms with van der Waals surface area (Å²) >= 11 is 0. The molecule has 0 aromatic rings. The van der Waals surface area contributed by atoms with Crippen LogP contribution in [0.15, 0.2) is 36.5 Å². The lowest BCUT2D eigenvalue weighted by atomic mass is 10.1. The SMILES string of the molecule is CCC/C=C\CCCCCCCC(=O)OC(COC(=O)CCCCCCC)COC(=O)CCCCCCCCCCC/C=C\C/C=C\CCCCC. The van der Waals surface area contributed by atoms with Crippen LogP contribution in [0.2, 0.25) is 0 Å². The molecule has 0 saturated carbocycles. The molecule has 0 aromatic heterocycles. The third-order valence-electron chi connectivity index (χ3n) is 9.35. The predicted octanol–water partition coefficient (Wildman–Crippen LogP) is 13.8. The molecule has 0 aliphatic heterocycles. The normalized spacial score (nSPS) is 12.3. The van der Waals surface area contributed by atoms with Crippen molar-refractivity contribution < 1.29 is 28.6 Å². The molecular formula is C46H82O6. The quantitative estimate of drug-likeness (QED) is 0.0271. The van der Waals surface area contributed by atoms with Gasteiger partial charge >= 0.3 is 17.9 Å². The topological polar surface area (TPSA) is 78.9 Å². The average molecular weight is 731 g/mol. The fraction of sp³-hybridized carbons (Fsp3) is 0.804. The lowest BCUT2D eigenvalue weighted by Crippen LogP contribution is -2.30. The van der Waals surface area contributed by atoms with Gasteiger partial charge in [0.2, 0.25) is 0 Å². The number of rotatable bonds is 39. The second kappa shape index (κ2) is 41.4. The van der Waals surface area contributed by atoms with Gasteiger partial charge in [-0.1, -0.05) is 166 Å². The first kappa shape index (κ1) is 49.6. The van der Waals surface area contributed by atoms with E-state index >= 15 is 0 Å². The molecule has 0 spiro atoms. The molecule has 0 aliphatic rings. The van der Waals surface area contributed by atoms with Crippen molar-refractivity contribution in [1.29, 1.82) is 0 Å². The summed E-state index contributed by atoms with van der Waals surface area (Å²) in [6, 6.07) is 0. The van der Waals surface area contributed by atoms with Gasteiger partial charge in [0.25, 0.3) is 0 Å². The molecule has 6 heteroatoms. The molecule has 0 fully saturated rings. The summed E-state index contributed by atoms with van der Waals surface area (Å²) in [6.45, 7) is 6.44. The number of hydrogen-bond acceptors (Lipinski definition) is 6. The van der Waals surface area contributed by atoms with E-state index in [1.165, 1.54) is 89.9 Å². The van der Waals surface area contributed by atoms with Crippen molar-refractivity contribution in [1.82, 2.24) is 0 Å². The molecule has 0 aromatic carbocycles. The Hall–Kier alpha value is -2.37. The first-order valence-corrected chi connectivity index (χ1v) is 22.0. The van der Waals surface area contributed by atoms with Crippen molar-refractivity contribution in [2.45, 2.75) is 226 Å². The molecule has 0 saturated heterocycles. The van der Waals surface area contributed by atoms with Crippen LogP contribution in [0.3, 0.4) is 0 Å². The van der Waals surface area contributed by atoms with Gasteiger partial charge in [0.05, 0.1) is 0 Å². The van der Waals surface area contributed by atoms with Crippen LogP contribution in [0.5, 0.6) is 0 Å². The first-order valence-electron chi connectivity index (χ1n) is 22.0. The van der Waals surface area contributed by atoms with Gasteiger partial charge in [0.15, 0.2) is 6.10 Å². The zero-order chi connectivity index (χ0) is 38.0. The smallest absolute Gasteiger partial charge is 0.306 e. The average Bonchev–Trinajstić information content (AvgIpc) is 3.14. The van der Waals surface area contributed by atoms with E-state index in [0.29, 0.717) is 19.3 Å².